The number of ether oxygens (including phenoxy) is 1. The van der Waals surface area contributed by atoms with E-state index in [1.807, 2.05) is 0 Å². The smallest absolute Gasteiger partial charge is 0.158 e. The Kier molecular flexibility index (Phi) is 5.05. The van der Waals surface area contributed by atoms with Crippen LogP contribution in [0.2, 0.25) is 0 Å². The molecule has 0 radical (unpaired) electrons. The van der Waals surface area contributed by atoms with Crippen LogP contribution in [0.15, 0.2) is 24.3 Å². The molecule has 0 N–H and O–H groups in total. The van der Waals surface area contributed by atoms with Crippen LogP contribution >= 0.6 is 0 Å². The Hall–Kier alpha value is -1.15. The van der Waals surface area contributed by atoms with Gasteiger partial charge in [-0.15, -0.1) is 0 Å². The van der Waals surface area contributed by atoms with Crippen molar-refractivity contribution in [1.82, 2.24) is 0 Å². The molecule has 1 rings (SSSR count). The van der Waals surface area contributed by atoms with E-state index in [4.69, 9.17) is 4.74 Å². The summed E-state index contributed by atoms with van der Waals surface area (Å²) in [5.41, 5.74) is 2.58. The van der Waals surface area contributed by atoms with Gasteiger partial charge in [-0.25, -0.2) is 0 Å². The first-order valence-corrected chi connectivity index (χ1v) is 5.28. The number of ketones is 1. The molecule has 0 aliphatic rings. The summed E-state index contributed by atoms with van der Waals surface area (Å²) >= 11 is 0. The highest BCUT2D eigenvalue weighted by Gasteiger charge is 2.01. The van der Waals surface area contributed by atoms with Crippen molar-refractivity contribution in [2.24, 2.45) is 0 Å². The second-order valence-electron chi connectivity index (χ2n) is 3.81. The van der Waals surface area contributed by atoms with E-state index < -0.39 is 0 Å². The quantitative estimate of drug-likeness (QED) is 0.715. The number of hydrogen-bond donors (Lipinski definition) is 0. The largest absolute Gasteiger partial charge is 0.377 e. The molecule has 0 aliphatic heterocycles. The van der Waals surface area contributed by atoms with Crippen LogP contribution in [0.4, 0.5) is 0 Å². The first-order valence-electron chi connectivity index (χ1n) is 5.28. The summed E-state index contributed by atoms with van der Waals surface area (Å²) in [5.74, 6) is 0.185. The van der Waals surface area contributed by atoms with Gasteiger partial charge in [-0.05, 0) is 25.3 Å². The minimum absolute atomic E-state index is 0.185. The van der Waals surface area contributed by atoms with Gasteiger partial charge in [0.25, 0.3) is 0 Å². The lowest BCUT2D eigenvalue weighted by atomic mass is 10.0. The van der Waals surface area contributed by atoms with Crippen molar-refractivity contribution in [1.29, 1.82) is 0 Å². The Morgan fingerprint density at radius 2 is 2.20 bits per heavy atom. The fourth-order valence-corrected chi connectivity index (χ4v) is 1.59. The van der Waals surface area contributed by atoms with Gasteiger partial charge in [0.15, 0.2) is 5.78 Å². The molecule has 2 nitrogen and oxygen atoms in total. The number of Topliss-reactive ketones (excluding diaryl/α,β-unsaturated/α-hetero) is 1. The molecule has 0 saturated heterocycles. The van der Waals surface area contributed by atoms with Crippen LogP contribution in [0, 0.1) is 6.92 Å². The second-order valence-corrected chi connectivity index (χ2v) is 3.81. The number of carbonyl (C=O) groups is 1. The van der Waals surface area contributed by atoms with Crippen LogP contribution in [0.5, 0.6) is 0 Å². The number of rotatable bonds is 6. The fourth-order valence-electron chi connectivity index (χ4n) is 1.59. The van der Waals surface area contributed by atoms with Gasteiger partial charge in [-0.1, -0.05) is 29.8 Å². The third kappa shape index (κ3) is 4.75. The maximum absolute atomic E-state index is 11.2. The summed E-state index contributed by atoms with van der Waals surface area (Å²) in [6, 6.07) is 8.41. The van der Waals surface area contributed by atoms with Crippen LogP contribution in [-0.2, 0) is 16.0 Å². The lowest BCUT2D eigenvalue weighted by Gasteiger charge is -2.02. The SMILES string of the molecule is COCC(=O)CCCc1cccc(C)c1. The Bertz CT molecular complexity index is 318. The van der Waals surface area contributed by atoms with E-state index in [0.29, 0.717) is 6.42 Å². The highest BCUT2D eigenvalue weighted by molar-refractivity contribution is 5.79. The van der Waals surface area contributed by atoms with Crippen molar-refractivity contribution in [3.8, 4) is 0 Å². The van der Waals surface area contributed by atoms with Crippen molar-refractivity contribution in [3.05, 3.63) is 35.4 Å². The molecule has 1 aromatic rings. The monoisotopic (exact) mass is 206 g/mol. The molecule has 0 aliphatic carbocycles. The standard InChI is InChI=1S/C13H18O2/c1-11-5-3-6-12(9-11)7-4-8-13(14)10-15-2/h3,5-6,9H,4,7-8,10H2,1-2H3. The molecule has 0 aromatic heterocycles. The van der Waals surface area contributed by atoms with Crippen molar-refractivity contribution >= 4 is 5.78 Å². The number of carbonyl (C=O) groups excluding carboxylic acids is 1. The summed E-state index contributed by atoms with van der Waals surface area (Å²) < 4.78 is 4.78. The van der Waals surface area contributed by atoms with Gasteiger partial charge in [-0.2, -0.15) is 0 Å². The molecule has 0 amide bonds. The summed E-state index contributed by atoms with van der Waals surface area (Å²) in [6.07, 6.45) is 2.49. The van der Waals surface area contributed by atoms with Crippen molar-refractivity contribution in [3.63, 3.8) is 0 Å². The molecule has 0 atom stereocenters. The Balaban J connectivity index is 2.28. The van der Waals surface area contributed by atoms with E-state index in [0.717, 1.165) is 12.8 Å². The van der Waals surface area contributed by atoms with Crippen LogP contribution in [0.3, 0.4) is 0 Å². The lowest BCUT2D eigenvalue weighted by Crippen LogP contribution is -2.06. The highest BCUT2D eigenvalue weighted by Crippen LogP contribution is 2.08. The van der Waals surface area contributed by atoms with E-state index in [1.54, 1.807) is 7.11 Å². The van der Waals surface area contributed by atoms with Crippen LogP contribution in [-0.4, -0.2) is 19.5 Å². The van der Waals surface area contributed by atoms with Crippen molar-refractivity contribution in [2.45, 2.75) is 26.2 Å². The van der Waals surface area contributed by atoms with E-state index in [2.05, 4.69) is 31.2 Å². The van der Waals surface area contributed by atoms with E-state index in [-0.39, 0.29) is 12.4 Å². The molecule has 0 fully saturated rings. The lowest BCUT2D eigenvalue weighted by molar-refractivity contribution is -0.122. The van der Waals surface area contributed by atoms with Gasteiger partial charge in [0.2, 0.25) is 0 Å². The maximum atomic E-state index is 11.2. The topological polar surface area (TPSA) is 26.3 Å². The molecular weight excluding hydrogens is 188 g/mol. The van der Waals surface area contributed by atoms with E-state index >= 15 is 0 Å². The van der Waals surface area contributed by atoms with Gasteiger partial charge >= 0.3 is 0 Å². The number of methoxy groups -OCH3 is 1. The van der Waals surface area contributed by atoms with E-state index in [1.165, 1.54) is 11.1 Å². The Morgan fingerprint density at radius 1 is 1.40 bits per heavy atom. The zero-order valence-electron chi connectivity index (χ0n) is 9.45. The number of aryl methyl sites for hydroxylation is 2. The molecule has 1 aromatic carbocycles. The third-order valence-corrected chi connectivity index (χ3v) is 2.31. The van der Waals surface area contributed by atoms with Gasteiger partial charge in [0.1, 0.15) is 6.61 Å². The maximum Gasteiger partial charge on any atom is 0.158 e. The third-order valence-electron chi connectivity index (χ3n) is 2.31. The molecule has 0 unspecified atom stereocenters. The van der Waals surface area contributed by atoms with Gasteiger partial charge in [0, 0.05) is 13.5 Å². The predicted molar refractivity (Wildman–Crippen MR) is 61.0 cm³/mol. The molecule has 0 saturated carbocycles. The number of benzene rings is 1. The summed E-state index contributed by atoms with van der Waals surface area (Å²) in [6.45, 7) is 2.33. The first-order chi connectivity index (χ1) is 7.22. The molecule has 15 heavy (non-hydrogen) atoms. The summed E-state index contributed by atoms with van der Waals surface area (Å²) in [5, 5.41) is 0. The van der Waals surface area contributed by atoms with Crippen LogP contribution in [0.1, 0.15) is 24.0 Å². The minimum Gasteiger partial charge on any atom is -0.377 e. The second kappa shape index (κ2) is 6.36. The molecule has 0 heterocycles. The van der Waals surface area contributed by atoms with Gasteiger partial charge < -0.3 is 4.74 Å². The van der Waals surface area contributed by atoms with Crippen LogP contribution in [0.25, 0.3) is 0 Å². The molecule has 2 heteroatoms. The Labute approximate surface area is 91.3 Å². The molecule has 0 spiro atoms. The van der Waals surface area contributed by atoms with E-state index in [9.17, 15) is 4.79 Å². The highest BCUT2D eigenvalue weighted by atomic mass is 16.5. The molecule has 0 bridgehead atoms. The molecular formula is C13H18O2. The fraction of sp³-hybridized carbons (Fsp3) is 0.462. The summed E-state index contributed by atoms with van der Waals surface area (Å²) in [4.78, 5) is 11.2. The Morgan fingerprint density at radius 3 is 2.87 bits per heavy atom. The van der Waals surface area contributed by atoms with Crippen LogP contribution < -0.4 is 0 Å². The minimum atomic E-state index is 0.185. The normalized spacial score (nSPS) is 10.3. The average Bonchev–Trinajstić information content (AvgIpc) is 2.18. The van der Waals surface area contributed by atoms with Gasteiger partial charge in [0.05, 0.1) is 0 Å². The van der Waals surface area contributed by atoms with Crippen molar-refractivity contribution in [2.75, 3.05) is 13.7 Å². The predicted octanol–water partition coefficient (Wildman–Crippen LogP) is 2.53. The summed E-state index contributed by atoms with van der Waals surface area (Å²) in [7, 11) is 1.55. The zero-order chi connectivity index (χ0) is 11.1. The molecule has 82 valence electrons. The first kappa shape index (κ1) is 11.9. The number of hydrogen-bond acceptors (Lipinski definition) is 2. The van der Waals surface area contributed by atoms with Crippen molar-refractivity contribution < 1.29 is 9.53 Å². The average molecular weight is 206 g/mol. The van der Waals surface area contributed by atoms with Gasteiger partial charge in [-0.3, -0.25) is 4.79 Å². The zero-order valence-corrected chi connectivity index (χ0v) is 9.45.